The first kappa shape index (κ1) is 9.07. The number of nitrogens with zero attached hydrogens (tertiary/aromatic N) is 5. The van der Waals surface area contributed by atoms with Crippen molar-refractivity contribution in [1.29, 1.82) is 0 Å². The Morgan fingerprint density at radius 2 is 2.21 bits per heavy atom. The van der Waals surface area contributed by atoms with Gasteiger partial charge in [0.15, 0.2) is 5.82 Å². The van der Waals surface area contributed by atoms with Gasteiger partial charge in [-0.1, -0.05) is 18.3 Å². The van der Waals surface area contributed by atoms with Gasteiger partial charge in [0.1, 0.15) is 16.6 Å². The largest absolute Gasteiger partial charge is 0.381 e. The fourth-order valence-corrected chi connectivity index (χ4v) is 1.76. The Hall–Kier alpha value is -1.50. The van der Waals surface area contributed by atoms with Crippen LogP contribution in [0.15, 0.2) is 6.20 Å². The number of nitrogen functional groups attached to an aromatic ring is 1. The molecule has 0 bridgehead atoms. The molecule has 0 fully saturated rings. The molecule has 0 aromatic carbocycles. The van der Waals surface area contributed by atoms with Gasteiger partial charge in [-0.2, -0.15) is 9.90 Å². The molecule has 0 atom stereocenters. The molecule has 74 valence electrons. The zero-order valence-corrected chi connectivity index (χ0v) is 8.53. The summed E-state index contributed by atoms with van der Waals surface area (Å²) in [5.74, 6) is 0.422. The van der Waals surface area contributed by atoms with E-state index >= 15 is 0 Å². The number of rotatable bonds is 3. The molecule has 6 nitrogen and oxygen atoms in total. The fraction of sp³-hybridized carbons (Fsp3) is 0.429. The van der Waals surface area contributed by atoms with Crippen molar-refractivity contribution < 1.29 is 0 Å². The maximum absolute atomic E-state index is 5.44. The molecule has 0 aliphatic heterocycles. The first-order valence-corrected chi connectivity index (χ1v) is 5.06. The smallest absolute Gasteiger partial charge is 0.165 e. The van der Waals surface area contributed by atoms with E-state index in [4.69, 9.17) is 5.73 Å². The second-order valence-electron chi connectivity index (χ2n) is 2.74. The zero-order valence-electron chi connectivity index (χ0n) is 7.71. The number of anilines is 1. The third kappa shape index (κ3) is 1.87. The monoisotopic (exact) mass is 210 g/mol. The lowest BCUT2D eigenvalue weighted by Crippen LogP contribution is -2.03. The summed E-state index contributed by atoms with van der Waals surface area (Å²) in [7, 11) is 0. The van der Waals surface area contributed by atoms with E-state index in [1.54, 1.807) is 11.3 Å². The molecule has 0 unspecified atom stereocenters. The fourth-order valence-electron chi connectivity index (χ4n) is 1.00. The lowest BCUT2D eigenvalue weighted by Gasteiger charge is -1.92. The van der Waals surface area contributed by atoms with Crippen LogP contribution in [0.2, 0.25) is 0 Å². The maximum atomic E-state index is 5.44. The topological polar surface area (TPSA) is 82.5 Å². The Labute approximate surface area is 84.8 Å². The van der Waals surface area contributed by atoms with Crippen LogP contribution in [0.1, 0.15) is 16.9 Å². The Balaban J connectivity index is 2.10. The molecule has 2 aromatic rings. The summed E-state index contributed by atoms with van der Waals surface area (Å²) in [6, 6.07) is 0. The van der Waals surface area contributed by atoms with Crippen molar-refractivity contribution in [1.82, 2.24) is 25.2 Å². The predicted molar refractivity (Wildman–Crippen MR) is 52.8 cm³/mol. The van der Waals surface area contributed by atoms with E-state index in [2.05, 4.69) is 27.3 Å². The van der Waals surface area contributed by atoms with Gasteiger partial charge in [0, 0.05) is 0 Å². The van der Waals surface area contributed by atoms with Crippen molar-refractivity contribution in [3.63, 3.8) is 0 Å². The van der Waals surface area contributed by atoms with E-state index in [1.807, 2.05) is 0 Å². The molecule has 2 rings (SSSR count). The molecule has 2 N–H and O–H groups in total. The highest BCUT2D eigenvalue weighted by molar-refractivity contribution is 7.11. The summed E-state index contributed by atoms with van der Waals surface area (Å²) >= 11 is 1.57. The predicted octanol–water partition coefficient (Wildman–Crippen LogP) is 0.322. The van der Waals surface area contributed by atoms with Crippen molar-refractivity contribution in [3.05, 3.63) is 16.2 Å². The maximum Gasteiger partial charge on any atom is 0.165 e. The molecule has 0 saturated carbocycles. The van der Waals surface area contributed by atoms with Gasteiger partial charge < -0.3 is 5.73 Å². The minimum atomic E-state index is 0.422. The van der Waals surface area contributed by atoms with Crippen LogP contribution in [-0.4, -0.2) is 25.2 Å². The molecular weight excluding hydrogens is 200 g/mol. The van der Waals surface area contributed by atoms with Crippen LogP contribution in [0.3, 0.4) is 0 Å². The SMILES string of the molecule is CCc1nnc(Cn2ncc(N)n2)s1. The number of aryl methyl sites for hydroxylation is 1. The van der Waals surface area contributed by atoms with E-state index in [0.29, 0.717) is 12.4 Å². The highest BCUT2D eigenvalue weighted by Gasteiger charge is 2.04. The normalized spacial score (nSPS) is 10.6. The molecule has 0 amide bonds. The third-order valence-corrected chi connectivity index (χ3v) is 2.69. The van der Waals surface area contributed by atoms with Crippen molar-refractivity contribution in [3.8, 4) is 0 Å². The van der Waals surface area contributed by atoms with E-state index < -0.39 is 0 Å². The molecule has 2 heterocycles. The second-order valence-corrected chi connectivity index (χ2v) is 3.89. The lowest BCUT2D eigenvalue weighted by atomic mass is 10.5. The van der Waals surface area contributed by atoms with Crippen molar-refractivity contribution in [2.45, 2.75) is 19.9 Å². The summed E-state index contributed by atoms with van der Waals surface area (Å²) < 4.78 is 0. The standard InChI is InChI=1S/C7H10N6S/c1-2-6-10-11-7(14-6)4-13-9-3-5(8)12-13/h3H,2,4H2,1H3,(H2,8,12). The molecule has 0 aliphatic carbocycles. The molecule has 0 radical (unpaired) electrons. The molecule has 14 heavy (non-hydrogen) atoms. The van der Waals surface area contributed by atoms with Crippen molar-refractivity contribution in [2.75, 3.05) is 5.73 Å². The van der Waals surface area contributed by atoms with Gasteiger partial charge in [-0.05, 0) is 6.42 Å². The first-order valence-electron chi connectivity index (χ1n) is 4.25. The Bertz CT molecular complexity index is 419. The van der Waals surface area contributed by atoms with Crippen molar-refractivity contribution >= 4 is 17.2 Å². The van der Waals surface area contributed by atoms with Crippen LogP contribution in [0.25, 0.3) is 0 Å². The van der Waals surface area contributed by atoms with Gasteiger partial charge in [-0.3, -0.25) is 0 Å². The molecule has 0 spiro atoms. The Morgan fingerprint density at radius 1 is 1.43 bits per heavy atom. The van der Waals surface area contributed by atoms with Crippen molar-refractivity contribution in [2.24, 2.45) is 0 Å². The number of aromatic nitrogens is 5. The third-order valence-electron chi connectivity index (χ3n) is 1.64. The minimum absolute atomic E-state index is 0.422. The lowest BCUT2D eigenvalue weighted by molar-refractivity contribution is 0.587. The number of nitrogens with two attached hydrogens (primary N) is 1. The second kappa shape index (κ2) is 3.70. The van der Waals surface area contributed by atoms with Gasteiger partial charge in [0.05, 0.1) is 6.20 Å². The average Bonchev–Trinajstić information content (AvgIpc) is 2.76. The van der Waals surface area contributed by atoms with Gasteiger partial charge in [-0.15, -0.1) is 15.3 Å². The van der Waals surface area contributed by atoms with E-state index in [1.165, 1.54) is 11.0 Å². The van der Waals surface area contributed by atoms with E-state index in [9.17, 15) is 0 Å². The zero-order chi connectivity index (χ0) is 9.97. The summed E-state index contributed by atoms with van der Waals surface area (Å²) in [5.41, 5.74) is 5.44. The number of hydrogen-bond acceptors (Lipinski definition) is 6. The van der Waals surface area contributed by atoms with Crippen LogP contribution >= 0.6 is 11.3 Å². The molecule has 2 aromatic heterocycles. The highest BCUT2D eigenvalue weighted by Crippen LogP contribution is 2.10. The highest BCUT2D eigenvalue weighted by atomic mass is 32.1. The quantitative estimate of drug-likeness (QED) is 0.789. The van der Waals surface area contributed by atoms with Crippen LogP contribution in [0.4, 0.5) is 5.82 Å². The Kier molecular flexibility index (Phi) is 2.40. The van der Waals surface area contributed by atoms with Gasteiger partial charge >= 0.3 is 0 Å². The van der Waals surface area contributed by atoms with E-state index in [0.717, 1.165) is 16.4 Å². The molecule has 7 heteroatoms. The average molecular weight is 210 g/mol. The summed E-state index contributed by atoms with van der Waals surface area (Å²) in [5, 5.41) is 17.9. The van der Waals surface area contributed by atoms with Crippen LogP contribution in [0, 0.1) is 0 Å². The number of hydrogen-bond donors (Lipinski definition) is 1. The molecular formula is C7H10N6S. The molecule has 0 aliphatic rings. The first-order chi connectivity index (χ1) is 6.78. The summed E-state index contributed by atoms with van der Waals surface area (Å²) in [4.78, 5) is 1.51. The van der Waals surface area contributed by atoms with Gasteiger partial charge in [0.2, 0.25) is 0 Å². The van der Waals surface area contributed by atoms with Gasteiger partial charge in [-0.25, -0.2) is 0 Å². The van der Waals surface area contributed by atoms with Crippen LogP contribution in [0.5, 0.6) is 0 Å². The summed E-state index contributed by atoms with van der Waals surface area (Å²) in [6.07, 6.45) is 2.42. The van der Waals surface area contributed by atoms with E-state index in [-0.39, 0.29) is 0 Å². The van der Waals surface area contributed by atoms with Crippen LogP contribution in [-0.2, 0) is 13.0 Å². The minimum Gasteiger partial charge on any atom is -0.381 e. The Morgan fingerprint density at radius 3 is 2.79 bits per heavy atom. The van der Waals surface area contributed by atoms with Crippen LogP contribution < -0.4 is 5.73 Å². The molecule has 0 saturated heterocycles. The van der Waals surface area contributed by atoms with Gasteiger partial charge in [0.25, 0.3) is 0 Å². The summed E-state index contributed by atoms with van der Waals surface area (Å²) in [6.45, 7) is 2.59.